The van der Waals surface area contributed by atoms with Crippen LogP contribution in [0.4, 0.5) is 4.39 Å². The number of hydrogen-bond acceptors (Lipinski definition) is 5. The van der Waals surface area contributed by atoms with Crippen LogP contribution in [0.5, 0.6) is 11.5 Å². The first-order chi connectivity index (χ1) is 14.2. The van der Waals surface area contributed by atoms with Crippen molar-refractivity contribution in [3.63, 3.8) is 0 Å². The van der Waals surface area contributed by atoms with E-state index >= 15 is 0 Å². The molecular formula is C22H30Cl3FN2O3. The summed E-state index contributed by atoms with van der Waals surface area (Å²) in [5.74, 6) is 0.706. The maximum Gasteiger partial charge on any atom is 0.180 e. The molecule has 1 aliphatic heterocycles. The van der Waals surface area contributed by atoms with Gasteiger partial charge in [0.15, 0.2) is 11.5 Å². The summed E-state index contributed by atoms with van der Waals surface area (Å²) in [6.07, 6.45) is 0. The lowest BCUT2D eigenvalue weighted by molar-refractivity contribution is 0.0384. The molecule has 1 heterocycles. The van der Waals surface area contributed by atoms with Crippen LogP contribution in [0.2, 0.25) is 5.02 Å². The van der Waals surface area contributed by atoms with Crippen molar-refractivity contribution in [2.24, 2.45) is 0 Å². The van der Waals surface area contributed by atoms with E-state index in [4.69, 9.17) is 25.8 Å². The highest BCUT2D eigenvalue weighted by molar-refractivity contribution is 6.32. The Bertz CT molecular complexity index is 793. The number of ether oxygens (including phenoxy) is 3. The minimum absolute atomic E-state index is 0. The Morgan fingerprint density at radius 1 is 1.13 bits per heavy atom. The second kappa shape index (κ2) is 14.7. The smallest absolute Gasteiger partial charge is 0.180 e. The van der Waals surface area contributed by atoms with E-state index in [-0.39, 0.29) is 37.2 Å². The van der Waals surface area contributed by atoms with Gasteiger partial charge in [-0.1, -0.05) is 29.8 Å². The van der Waals surface area contributed by atoms with Crippen molar-refractivity contribution < 1.29 is 18.6 Å². The summed E-state index contributed by atoms with van der Waals surface area (Å²) >= 11 is 6.46. The summed E-state index contributed by atoms with van der Waals surface area (Å²) in [5, 5.41) is 3.90. The van der Waals surface area contributed by atoms with Gasteiger partial charge in [-0.15, -0.1) is 24.8 Å². The molecule has 0 spiro atoms. The molecule has 0 bridgehead atoms. The van der Waals surface area contributed by atoms with Gasteiger partial charge in [0, 0.05) is 38.3 Å². The van der Waals surface area contributed by atoms with Gasteiger partial charge in [-0.05, 0) is 30.7 Å². The van der Waals surface area contributed by atoms with Gasteiger partial charge >= 0.3 is 0 Å². The number of morpholine rings is 1. The van der Waals surface area contributed by atoms with E-state index in [0.717, 1.165) is 45.0 Å². The molecular weight excluding hydrogens is 466 g/mol. The van der Waals surface area contributed by atoms with Gasteiger partial charge in [0.1, 0.15) is 12.4 Å². The van der Waals surface area contributed by atoms with E-state index < -0.39 is 0 Å². The fraction of sp³-hybridized carbons (Fsp3) is 0.455. The van der Waals surface area contributed by atoms with Gasteiger partial charge in [0.2, 0.25) is 0 Å². The largest absolute Gasteiger partial charge is 0.490 e. The van der Waals surface area contributed by atoms with Crippen molar-refractivity contribution in [3.8, 4) is 11.5 Å². The van der Waals surface area contributed by atoms with Gasteiger partial charge < -0.3 is 19.5 Å². The summed E-state index contributed by atoms with van der Waals surface area (Å²) in [4.78, 5) is 2.38. The summed E-state index contributed by atoms with van der Waals surface area (Å²) in [6.45, 7) is 8.60. The normalized spacial score (nSPS) is 13.8. The minimum Gasteiger partial charge on any atom is -0.490 e. The lowest BCUT2D eigenvalue weighted by Gasteiger charge is -2.26. The molecule has 0 radical (unpaired) electrons. The van der Waals surface area contributed by atoms with Gasteiger partial charge in [0.25, 0.3) is 0 Å². The van der Waals surface area contributed by atoms with E-state index in [0.29, 0.717) is 35.2 Å². The lowest BCUT2D eigenvalue weighted by Crippen LogP contribution is -2.40. The van der Waals surface area contributed by atoms with E-state index in [1.54, 1.807) is 18.2 Å². The third-order valence-electron chi connectivity index (χ3n) is 4.74. The second-order valence-electron chi connectivity index (χ2n) is 6.85. The van der Waals surface area contributed by atoms with Crippen molar-refractivity contribution in [2.45, 2.75) is 20.1 Å². The Kier molecular flexibility index (Phi) is 13.2. The SMILES string of the molecule is CCOc1cc(CNCCN2CCOCC2)cc(Cl)c1OCc1ccccc1F.Cl.Cl. The highest BCUT2D eigenvalue weighted by atomic mass is 35.5. The summed E-state index contributed by atoms with van der Waals surface area (Å²) < 4.78 is 30.8. The number of rotatable bonds is 10. The van der Waals surface area contributed by atoms with E-state index in [1.807, 2.05) is 19.1 Å². The molecule has 1 N–H and O–H groups in total. The molecule has 3 rings (SSSR count). The Hall–Kier alpha value is -1.28. The number of nitrogens with one attached hydrogen (secondary N) is 1. The minimum atomic E-state index is -0.303. The molecule has 0 aliphatic carbocycles. The van der Waals surface area contributed by atoms with Gasteiger partial charge in [-0.25, -0.2) is 4.39 Å². The predicted molar refractivity (Wildman–Crippen MR) is 127 cm³/mol. The number of nitrogens with zero attached hydrogens (tertiary/aromatic N) is 1. The number of halogens is 4. The molecule has 2 aromatic carbocycles. The van der Waals surface area contributed by atoms with E-state index in [2.05, 4.69) is 10.2 Å². The van der Waals surface area contributed by atoms with Crippen LogP contribution in [-0.2, 0) is 17.9 Å². The fourth-order valence-electron chi connectivity index (χ4n) is 3.19. The molecule has 0 unspecified atom stereocenters. The van der Waals surface area contributed by atoms with Crippen molar-refractivity contribution in [3.05, 3.63) is 58.4 Å². The van der Waals surface area contributed by atoms with Crippen LogP contribution in [0.25, 0.3) is 0 Å². The number of benzene rings is 2. The van der Waals surface area contributed by atoms with Crippen molar-refractivity contribution in [1.82, 2.24) is 10.2 Å². The van der Waals surface area contributed by atoms with Crippen LogP contribution in [0, 0.1) is 5.82 Å². The van der Waals surface area contributed by atoms with Crippen molar-refractivity contribution in [2.75, 3.05) is 46.0 Å². The highest BCUT2D eigenvalue weighted by Gasteiger charge is 2.14. The number of hydrogen-bond donors (Lipinski definition) is 1. The highest BCUT2D eigenvalue weighted by Crippen LogP contribution is 2.37. The Balaban J connectivity index is 0.00000240. The summed E-state index contributed by atoms with van der Waals surface area (Å²) in [6, 6.07) is 10.3. The quantitative estimate of drug-likeness (QED) is 0.483. The molecule has 0 aromatic heterocycles. The standard InChI is InChI=1S/C22H28ClFN2O3.2ClH/c1-2-28-21-14-17(15-25-7-8-26-9-11-27-12-10-26)13-19(23)22(21)29-16-18-5-3-4-6-20(18)24;;/h3-6,13-14,25H,2,7-12,15-16H2,1H3;2*1H. The zero-order valence-electron chi connectivity index (χ0n) is 17.6. The lowest BCUT2D eigenvalue weighted by atomic mass is 10.2. The Labute approximate surface area is 201 Å². The first-order valence-corrected chi connectivity index (χ1v) is 10.4. The zero-order valence-corrected chi connectivity index (χ0v) is 20.0. The first kappa shape index (κ1) is 27.8. The zero-order chi connectivity index (χ0) is 20.5. The van der Waals surface area contributed by atoms with E-state index in [9.17, 15) is 4.39 Å². The van der Waals surface area contributed by atoms with Gasteiger partial charge in [-0.3, -0.25) is 4.90 Å². The predicted octanol–water partition coefficient (Wildman–Crippen LogP) is 4.72. The maximum atomic E-state index is 13.9. The molecule has 5 nitrogen and oxygen atoms in total. The third kappa shape index (κ3) is 8.64. The molecule has 31 heavy (non-hydrogen) atoms. The average Bonchev–Trinajstić information content (AvgIpc) is 2.73. The Morgan fingerprint density at radius 2 is 1.87 bits per heavy atom. The summed E-state index contributed by atoms with van der Waals surface area (Å²) in [7, 11) is 0. The van der Waals surface area contributed by atoms with Crippen LogP contribution in [0.15, 0.2) is 36.4 Å². The fourth-order valence-corrected chi connectivity index (χ4v) is 3.47. The van der Waals surface area contributed by atoms with Gasteiger partial charge in [0.05, 0.1) is 24.8 Å². The molecule has 0 atom stereocenters. The van der Waals surface area contributed by atoms with Crippen LogP contribution in [0.3, 0.4) is 0 Å². The third-order valence-corrected chi connectivity index (χ3v) is 5.02. The molecule has 0 saturated carbocycles. The molecule has 0 amide bonds. The van der Waals surface area contributed by atoms with E-state index in [1.165, 1.54) is 6.07 Å². The Morgan fingerprint density at radius 3 is 2.58 bits per heavy atom. The molecule has 1 aliphatic rings. The first-order valence-electron chi connectivity index (χ1n) is 9.99. The maximum absolute atomic E-state index is 13.9. The van der Waals surface area contributed by atoms with Crippen LogP contribution in [0.1, 0.15) is 18.1 Å². The monoisotopic (exact) mass is 494 g/mol. The molecule has 1 fully saturated rings. The second-order valence-corrected chi connectivity index (χ2v) is 7.26. The molecule has 2 aromatic rings. The molecule has 1 saturated heterocycles. The average molecular weight is 496 g/mol. The van der Waals surface area contributed by atoms with Gasteiger partial charge in [-0.2, -0.15) is 0 Å². The topological polar surface area (TPSA) is 43.0 Å². The summed E-state index contributed by atoms with van der Waals surface area (Å²) in [5.41, 5.74) is 1.48. The van der Waals surface area contributed by atoms with Crippen LogP contribution in [-0.4, -0.2) is 50.9 Å². The molecule has 9 heteroatoms. The van der Waals surface area contributed by atoms with Crippen molar-refractivity contribution in [1.29, 1.82) is 0 Å². The van der Waals surface area contributed by atoms with Crippen LogP contribution >= 0.6 is 36.4 Å². The van der Waals surface area contributed by atoms with Crippen molar-refractivity contribution >= 4 is 36.4 Å². The molecule has 174 valence electrons. The van der Waals surface area contributed by atoms with Crippen LogP contribution < -0.4 is 14.8 Å².